The molecular weight excluding hydrogens is 436 g/mol. The predicted molar refractivity (Wildman–Crippen MR) is 130 cm³/mol. The zero-order valence-corrected chi connectivity index (χ0v) is 19.7. The molecule has 0 radical (unpaired) electrons. The maximum atomic E-state index is 13.2. The largest absolute Gasteiger partial charge is 0.497 e. The van der Waals surface area contributed by atoms with Crippen LogP contribution in [0.3, 0.4) is 0 Å². The van der Waals surface area contributed by atoms with Gasteiger partial charge in [0, 0.05) is 23.6 Å². The zero-order valence-electron chi connectivity index (χ0n) is 18.8. The third kappa shape index (κ3) is 5.39. The first-order valence-corrected chi connectivity index (χ1v) is 12.2. The SMILES string of the molecule is CCC(C(=O)Nc1c2c(nn1CC(=O)NCc1ccc(OC)cc1)CSC2)c1ccccc1. The van der Waals surface area contributed by atoms with Gasteiger partial charge in [0.2, 0.25) is 11.8 Å². The molecule has 7 nitrogen and oxygen atoms in total. The maximum Gasteiger partial charge on any atom is 0.242 e. The van der Waals surface area contributed by atoms with Crippen molar-refractivity contribution in [3.8, 4) is 5.75 Å². The number of carbonyl (C=O) groups is 2. The Morgan fingerprint density at radius 1 is 1.12 bits per heavy atom. The summed E-state index contributed by atoms with van der Waals surface area (Å²) in [4.78, 5) is 25.8. The molecule has 0 bridgehead atoms. The number of nitrogens with zero attached hydrogens (tertiary/aromatic N) is 2. The Bertz CT molecular complexity index is 1110. The molecule has 0 saturated heterocycles. The molecule has 3 aromatic rings. The summed E-state index contributed by atoms with van der Waals surface area (Å²) in [5, 5.41) is 10.6. The molecule has 4 rings (SSSR count). The van der Waals surface area contributed by atoms with Crippen LogP contribution in [0.4, 0.5) is 5.82 Å². The Hall–Kier alpha value is -3.26. The molecule has 2 aromatic carbocycles. The van der Waals surface area contributed by atoms with Crippen LogP contribution in [0.25, 0.3) is 0 Å². The average molecular weight is 465 g/mol. The predicted octanol–water partition coefficient (Wildman–Crippen LogP) is 4.09. The van der Waals surface area contributed by atoms with Gasteiger partial charge in [-0.15, -0.1) is 0 Å². The summed E-state index contributed by atoms with van der Waals surface area (Å²) in [5.74, 6) is 2.47. The highest BCUT2D eigenvalue weighted by Gasteiger charge is 2.27. The monoisotopic (exact) mass is 464 g/mol. The minimum atomic E-state index is -0.261. The van der Waals surface area contributed by atoms with E-state index in [4.69, 9.17) is 4.74 Å². The van der Waals surface area contributed by atoms with Crippen LogP contribution in [0.1, 0.15) is 41.6 Å². The van der Waals surface area contributed by atoms with Crippen molar-refractivity contribution in [1.29, 1.82) is 0 Å². The number of anilines is 1. The number of fused-ring (bicyclic) bond motifs is 1. The van der Waals surface area contributed by atoms with E-state index < -0.39 is 0 Å². The number of rotatable bonds is 9. The highest BCUT2D eigenvalue weighted by atomic mass is 32.2. The zero-order chi connectivity index (χ0) is 23.2. The molecule has 1 aliphatic rings. The minimum Gasteiger partial charge on any atom is -0.497 e. The quantitative estimate of drug-likeness (QED) is 0.498. The summed E-state index contributed by atoms with van der Waals surface area (Å²) in [7, 11) is 1.62. The van der Waals surface area contributed by atoms with E-state index in [0.29, 0.717) is 18.8 Å². The Kier molecular flexibility index (Phi) is 7.34. The molecule has 1 unspecified atom stereocenters. The summed E-state index contributed by atoms with van der Waals surface area (Å²) in [6, 6.07) is 17.3. The van der Waals surface area contributed by atoms with Crippen LogP contribution in [0.5, 0.6) is 5.75 Å². The summed E-state index contributed by atoms with van der Waals surface area (Å²) < 4.78 is 6.79. The van der Waals surface area contributed by atoms with E-state index in [-0.39, 0.29) is 24.3 Å². The number of aromatic nitrogens is 2. The van der Waals surface area contributed by atoms with E-state index in [2.05, 4.69) is 15.7 Å². The van der Waals surface area contributed by atoms with Crippen LogP contribution < -0.4 is 15.4 Å². The normalized spacial score (nSPS) is 13.3. The Labute approximate surface area is 197 Å². The molecule has 1 aromatic heterocycles. The lowest BCUT2D eigenvalue weighted by atomic mass is 9.95. The fourth-order valence-electron chi connectivity index (χ4n) is 3.92. The Morgan fingerprint density at radius 2 is 1.88 bits per heavy atom. The third-order valence-corrected chi connectivity index (χ3v) is 6.70. The van der Waals surface area contributed by atoms with E-state index >= 15 is 0 Å². The van der Waals surface area contributed by atoms with E-state index in [1.54, 1.807) is 23.6 Å². The minimum absolute atomic E-state index is 0.0472. The van der Waals surface area contributed by atoms with Crippen LogP contribution in [-0.2, 0) is 34.2 Å². The Morgan fingerprint density at radius 3 is 2.58 bits per heavy atom. The molecule has 2 N–H and O–H groups in total. The van der Waals surface area contributed by atoms with E-state index in [0.717, 1.165) is 39.6 Å². The van der Waals surface area contributed by atoms with E-state index in [1.807, 2.05) is 61.5 Å². The first-order valence-electron chi connectivity index (χ1n) is 11.0. The molecule has 33 heavy (non-hydrogen) atoms. The fourth-order valence-corrected chi connectivity index (χ4v) is 4.95. The lowest BCUT2D eigenvalue weighted by Gasteiger charge is -2.17. The summed E-state index contributed by atoms with van der Waals surface area (Å²) in [6.45, 7) is 2.46. The molecule has 2 heterocycles. The van der Waals surface area contributed by atoms with Crippen LogP contribution in [-0.4, -0.2) is 28.7 Å². The number of carbonyl (C=O) groups excluding carboxylic acids is 2. The van der Waals surface area contributed by atoms with Crippen molar-refractivity contribution in [1.82, 2.24) is 15.1 Å². The van der Waals surface area contributed by atoms with E-state index in [1.165, 1.54) is 0 Å². The molecule has 1 atom stereocenters. The number of thioether (sulfide) groups is 1. The highest BCUT2D eigenvalue weighted by Crippen LogP contribution is 2.35. The van der Waals surface area contributed by atoms with Gasteiger partial charge in [0.25, 0.3) is 0 Å². The third-order valence-electron chi connectivity index (χ3n) is 5.73. The number of ether oxygens (including phenoxy) is 1. The van der Waals surface area contributed by atoms with Crippen LogP contribution >= 0.6 is 11.8 Å². The van der Waals surface area contributed by atoms with Gasteiger partial charge in [0.05, 0.1) is 18.7 Å². The highest BCUT2D eigenvalue weighted by molar-refractivity contribution is 7.98. The fraction of sp³-hybridized carbons (Fsp3) is 0.320. The van der Waals surface area contributed by atoms with Gasteiger partial charge in [0.15, 0.2) is 0 Å². The first kappa shape index (κ1) is 22.9. The van der Waals surface area contributed by atoms with Crippen molar-refractivity contribution in [2.24, 2.45) is 0 Å². The lowest BCUT2D eigenvalue weighted by molar-refractivity contribution is -0.122. The van der Waals surface area contributed by atoms with Crippen LogP contribution in [0, 0.1) is 0 Å². The number of methoxy groups -OCH3 is 1. The maximum absolute atomic E-state index is 13.2. The average Bonchev–Trinajstić information content (AvgIpc) is 3.42. The number of hydrogen-bond acceptors (Lipinski definition) is 5. The Balaban J connectivity index is 1.45. The lowest BCUT2D eigenvalue weighted by Crippen LogP contribution is -2.29. The van der Waals surface area contributed by atoms with Gasteiger partial charge in [-0.2, -0.15) is 16.9 Å². The molecule has 0 spiro atoms. The number of nitrogens with one attached hydrogen (secondary N) is 2. The second-order valence-electron chi connectivity index (χ2n) is 7.91. The standard InChI is InChI=1S/C25H28N4O3S/c1-3-20(18-7-5-4-6-8-18)25(31)27-24-21-15-33-16-22(21)28-29(24)14-23(30)26-13-17-9-11-19(32-2)12-10-17/h4-12,20H,3,13-16H2,1-2H3,(H,26,30)(H,27,31). The van der Waals surface area contributed by atoms with Gasteiger partial charge < -0.3 is 15.4 Å². The molecule has 0 fully saturated rings. The van der Waals surface area contributed by atoms with Crippen molar-refractivity contribution in [3.05, 3.63) is 77.0 Å². The molecule has 8 heteroatoms. The summed E-state index contributed by atoms with van der Waals surface area (Å²) in [6.07, 6.45) is 0.684. The van der Waals surface area contributed by atoms with Gasteiger partial charge in [-0.25, -0.2) is 4.68 Å². The molecular formula is C25H28N4O3S. The molecule has 0 saturated carbocycles. The molecule has 2 amide bonds. The second-order valence-corrected chi connectivity index (χ2v) is 8.90. The topological polar surface area (TPSA) is 85.2 Å². The van der Waals surface area contributed by atoms with Gasteiger partial charge in [-0.1, -0.05) is 49.4 Å². The van der Waals surface area contributed by atoms with Gasteiger partial charge in [0.1, 0.15) is 18.1 Å². The van der Waals surface area contributed by atoms with Crippen molar-refractivity contribution < 1.29 is 14.3 Å². The van der Waals surface area contributed by atoms with Crippen molar-refractivity contribution in [3.63, 3.8) is 0 Å². The number of hydrogen-bond donors (Lipinski definition) is 2. The molecule has 172 valence electrons. The van der Waals surface area contributed by atoms with Crippen molar-refractivity contribution in [2.45, 2.75) is 43.9 Å². The smallest absolute Gasteiger partial charge is 0.242 e. The van der Waals surface area contributed by atoms with Crippen molar-refractivity contribution >= 4 is 29.4 Å². The van der Waals surface area contributed by atoms with Gasteiger partial charge in [-0.3, -0.25) is 9.59 Å². The molecule has 1 aliphatic heterocycles. The van der Waals surface area contributed by atoms with Gasteiger partial charge >= 0.3 is 0 Å². The van der Waals surface area contributed by atoms with E-state index in [9.17, 15) is 9.59 Å². The summed E-state index contributed by atoms with van der Waals surface area (Å²) >= 11 is 1.76. The number of benzene rings is 2. The van der Waals surface area contributed by atoms with Gasteiger partial charge in [-0.05, 0) is 29.7 Å². The molecule has 0 aliphatic carbocycles. The second kappa shape index (κ2) is 10.6. The summed E-state index contributed by atoms with van der Waals surface area (Å²) in [5.41, 5.74) is 3.91. The van der Waals surface area contributed by atoms with Crippen molar-refractivity contribution in [2.75, 3.05) is 12.4 Å². The van der Waals surface area contributed by atoms with Crippen LogP contribution in [0.15, 0.2) is 54.6 Å². The first-order chi connectivity index (χ1) is 16.1. The number of amides is 2. The van der Waals surface area contributed by atoms with Crippen LogP contribution in [0.2, 0.25) is 0 Å².